The molecule has 7 heteroatoms. The Hall–Kier alpha value is -3.22. The summed E-state index contributed by atoms with van der Waals surface area (Å²) in [5.41, 5.74) is 4.55. The van der Waals surface area contributed by atoms with Gasteiger partial charge in [0.15, 0.2) is 22.4 Å². The summed E-state index contributed by atoms with van der Waals surface area (Å²) < 4.78 is 13.2. The molecule has 0 spiro atoms. The number of hydrogen-bond acceptors (Lipinski definition) is 5. The van der Waals surface area contributed by atoms with E-state index >= 15 is 0 Å². The second kappa shape index (κ2) is 9.33. The van der Waals surface area contributed by atoms with Gasteiger partial charge in [-0.05, 0) is 49.4 Å². The Labute approximate surface area is 201 Å². The maximum absolute atomic E-state index is 12.9. The third kappa shape index (κ3) is 4.77. The molecular weight excluding hydrogens is 456 g/mol. The van der Waals surface area contributed by atoms with Crippen LogP contribution in [0, 0.1) is 6.92 Å². The molecule has 0 amide bonds. The summed E-state index contributed by atoms with van der Waals surface area (Å²) in [5.74, 6) is 1.54. The largest absolute Gasteiger partial charge is 0.486 e. The number of Topliss-reactive ketones (excluding diaryl/α,β-unsaturated/α-hetero) is 1. The van der Waals surface area contributed by atoms with Crippen molar-refractivity contribution in [3.63, 3.8) is 0 Å². The van der Waals surface area contributed by atoms with Gasteiger partial charge in [-0.1, -0.05) is 53.2 Å². The molecule has 2 heterocycles. The van der Waals surface area contributed by atoms with Gasteiger partial charge >= 0.3 is 0 Å². The number of hydrogen-bond donors (Lipinski definition) is 0. The van der Waals surface area contributed by atoms with Crippen molar-refractivity contribution in [3.8, 4) is 28.4 Å². The van der Waals surface area contributed by atoms with Crippen LogP contribution >= 0.6 is 23.4 Å². The van der Waals surface area contributed by atoms with Crippen molar-refractivity contribution in [2.45, 2.75) is 12.1 Å². The summed E-state index contributed by atoms with van der Waals surface area (Å²) in [4.78, 5) is 17.8. The van der Waals surface area contributed by atoms with Gasteiger partial charge in [0, 0.05) is 28.0 Å². The maximum atomic E-state index is 12.9. The van der Waals surface area contributed by atoms with Crippen LogP contribution in [0.2, 0.25) is 5.02 Å². The molecule has 0 radical (unpaired) electrons. The molecule has 33 heavy (non-hydrogen) atoms. The van der Waals surface area contributed by atoms with Gasteiger partial charge in [0.05, 0.1) is 11.4 Å². The Kier molecular flexibility index (Phi) is 6.11. The number of aryl methyl sites for hydroxylation is 1. The van der Waals surface area contributed by atoms with Crippen LogP contribution in [0.4, 0.5) is 0 Å². The SMILES string of the molecule is Cc1ccc(-n2cc(-c3ccc(Cl)cc3)nc2SCC(=O)c2ccc3c(c2)OCCO3)cc1. The lowest BCUT2D eigenvalue weighted by Gasteiger charge is -2.18. The number of carbonyl (C=O) groups is 1. The first-order valence-electron chi connectivity index (χ1n) is 10.5. The molecule has 0 atom stereocenters. The van der Waals surface area contributed by atoms with Crippen LogP contribution in [0.15, 0.2) is 78.1 Å². The molecule has 166 valence electrons. The molecule has 0 saturated carbocycles. The Morgan fingerprint density at radius 2 is 1.73 bits per heavy atom. The average molecular weight is 477 g/mol. The number of ketones is 1. The number of imidazole rings is 1. The number of ether oxygens (including phenoxy) is 2. The second-order valence-corrected chi connectivity index (χ2v) is 9.07. The lowest BCUT2D eigenvalue weighted by Crippen LogP contribution is -2.16. The quantitative estimate of drug-likeness (QED) is 0.243. The van der Waals surface area contributed by atoms with E-state index in [9.17, 15) is 4.79 Å². The number of thioether (sulfide) groups is 1. The van der Waals surface area contributed by atoms with Crippen LogP contribution in [0.1, 0.15) is 15.9 Å². The standard InChI is InChI=1S/C26H21ClN2O3S/c1-17-2-9-21(10-3-17)29-15-22(18-4-7-20(27)8-5-18)28-26(29)33-16-23(30)19-6-11-24-25(14-19)32-13-12-31-24/h2-11,14-15H,12-13,16H2,1H3. The Balaban J connectivity index is 1.42. The molecular formula is C26H21ClN2O3S. The van der Waals surface area contributed by atoms with E-state index in [-0.39, 0.29) is 11.5 Å². The average Bonchev–Trinajstić information content (AvgIpc) is 3.27. The molecule has 0 bridgehead atoms. The van der Waals surface area contributed by atoms with E-state index in [2.05, 4.69) is 31.2 Å². The predicted octanol–water partition coefficient (Wildman–Crippen LogP) is 6.25. The van der Waals surface area contributed by atoms with Gasteiger partial charge in [-0.25, -0.2) is 4.98 Å². The first-order valence-corrected chi connectivity index (χ1v) is 11.9. The Morgan fingerprint density at radius 3 is 2.48 bits per heavy atom. The van der Waals surface area contributed by atoms with E-state index in [4.69, 9.17) is 26.1 Å². The zero-order chi connectivity index (χ0) is 22.8. The minimum Gasteiger partial charge on any atom is -0.486 e. The summed E-state index contributed by atoms with van der Waals surface area (Å²) in [6.07, 6.45) is 1.99. The third-order valence-electron chi connectivity index (χ3n) is 5.32. The monoisotopic (exact) mass is 476 g/mol. The summed E-state index contributed by atoms with van der Waals surface area (Å²) in [7, 11) is 0. The van der Waals surface area contributed by atoms with Crippen molar-refractivity contribution in [2.75, 3.05) is 19.0 Å². The zero-order valence-corrected chi connectivity index (χ0v) is 19.5. The van der Waals surface area contributed by atoms with Crippen molar-refractivity contribution in [2.24, 2.45) is 0 Å². The molecule has 0 aliphatic carbocycles. The number of aromatic nitrogens is 2. The summed E-state index contributed by atoms with van der Waals surface area (Å²) in [6.45, 7) is 3.06. The fourth-order valence-electron chi connectivity index (χ4n) is 3.55. The van der Waals surface area contributed by atoms with Gasteiger partial charge in [-0.2, -0.15) is 0 Å². The minimum atomic E-state index is 0.00322. The van der Waals surface area contributed by atoms with Gasteiger partial charge in [-0.15, -0.1) is 0 Å². The number of rotatable bonds is 6. The molecule has 0 unspecified atom stereocenters. The highest BCUT2D eigenvalue weighted by atomic mass is 35.5. The number of nitrogens with zero attached hydrogens (tertiary/aromatic N) is 2. The smallest absolute Gasteiger partial charge is 0.173 e. The van der Waals surface area contributed by atoms with Crippen LogP contribution in [0.5, 0.6) is 11.5 Å². The third-order valence-corrected chi connectivity index (χ3v) is 6.53. The topological polar surface area (TPSA) is 53.4 Å². The molecule has 0 saturated heterocycles. The zero-order valence-electron chi connectivity index (χ0n) is 18.0. The molecule has 1 aliphatic heterocycles. The van der Waals surface area contributed by atoms with Crippen molar-refractivity contribution in [1.82, 2.24) is 9.55 Å². The van der Waals surface area contributed by atoms with Crippen molar-refractivity contribution >= 4 is 29.1 Å². The van der Waals surface area contributed by atoms with E-state index in [0.29, 0.717) is 35.3 Å². The lowest BCUT2D eigenvalue weighted by molar-refractivity contribution is 0.102. The van der Waals surface area contributed by atoms with Crippen LogP contribution in [-0.4, -0.2) is 34.3 Å². The molecule has 1 aromatic heterocycles. The van der Waals surface area contributed by atoms with E-state index < -0.39 is 0 Å². The van der Waals surface area contributed by atoms with E-state index in [0.717, 1.165) is 22.1 Å². The molecule has 0 N–H and O–H groups in total. The normalized spacial score (nSPS) is 12.5. The van der Waals surface area contributed by atoms with Gasteiger partial charge in [0.25, 0.3) is 0 Å². The van der Waals surface area contributed by atoms with Crippen molar-refractivity contribution in [1.29, 1.82) is 0 Å². The predicted molar refractivity (Wildman–Crippen MR) is 131 cm³/mol. The molecule has 5 nitrogen and oxygen atoms in total. The summed E-state index contributed by atoms with van der Waals surface area (Å²) in [5, 5.41) is 1.42. The van der Waals surface area contributed by atoms with E-state index in [1.54, 1.807) is 18.2 Å². The maximum Gasteiger partial charge on any atom is 0.173 e. The van der Waals surface area contributed by atoms with E-state index in [1.807, 2.05) is 35.0 Å². The Bertz CT molecular complexity index is 1300. The number of benzene rings is 3. The van der Waals surface area contributed by atoms with Crippen LogP contribution in [-0.2, 0) is 0 Å². The first kappa shape index (κ1) is 21.6. The van der Waals surface area contributed by atoms with E-state index in [1.165, 1.54) is 17.3 Å². The van der Waals surface area contributed by atoms with Crippen LogP contribution in [0.25, 0.3) is 16.9 Å². The highest BCUT2D eigenvalue weighted by molar-refractivity contribution is 7.99. The minimum absolute atomic E-state index is 0.00322. The van der Waals surface area contributed by atoms with Gasteiger partial charge in [-0.3, -0.25) is 9.36 Å². The first-order chi connectivity index (χ1) is 16.1. The van der Waals surface area contributed by atoms with Crippen molar-refractivity contribution in [3.05, 3.63) is 89.1 Å². The summed E-state index contributed by atoms with van der Waals surface area (Å²) in [6, 6.07) is 21.1. The molecule has 3 aromatic carbocycles. The number of fused-ring (bicyclic) bond motifs is 1. The second-order valence-electron chi connectivity index (χ2n) is 7.69. The molecule has 4 aromatic rings. The Morgan fingerprint density at radius 1 is 1.00 bits per heavy atom. The van der Waals surface area contributed by atoms with Gasteiger partial charge in [0.1, 0.15) is 13.2 Å². The number of halogens is 1. The van der Waals surface area contributed by atoms with Gasteiger partial charge < -0.3 is 9.47 Å². The fraction of sp³-hybridized carbons (Fsp3) is 0.154. The van der Waals surface area contributed by atoms with Crippen molar-refractivity contribution < 1.29 is 14.3 Å². The molecule has 1 aliphatic rings. The lowest BCUT2D eigenvalue weighted by atomic mass is 10.1. The summed E-state index contributed by atoms with van der Waals surface area (Å²) >= 11 is 7.46. The fourth-order valence-corrected chi connectivity index (χ4v) is 4.56. The highest BCUT2D eigenvalue weighted by Gasteiger charge is 2.17. The number of carbonyl (C=O) groups excluding carboxylic acids is 1. The van der Waals surface area contributed by atoms with Gasteiger partial charge in [0.2, 0.25) is 0 Å². The molecule has 0 fully saturated rings. The van der Waals surface area contributed by atoms with Crippen LogP contribution < -0.4 is 9.47 Å². The highest BCUT2D eigenvalue weighted by Crippen LogP contribution is 2.32. The molecule has 5 rings (SSSR count). The van der Waals surface area contributed by atoms with Crippen LogP contribution in [0.3, 0.4) is 0 Å².